The molecular formula is C53H64N7O9P. The molecule has 3 heterocycles. The topological polar surface area (TPSA) is 174 Å². The first-order valence-electron chi connectivity index (χ1n) is 23.3. The molecule has 0 saturated carbocycles. The number of aromatic nitrogens is 4. The Morgan fingerprint density at radius 2 is 1.39 bits per heavy atom. The van der Waals surface area contributed by atoms with E-state index in [2.05, 4.69) is 74.5 Å². The van der Waals surface area contributed by atoms with Gasteiger partial charge in [-0.1, -0.05) is 87.5 Å². The first-order valence-corrected chi connectivity index (χ1v) is 24.5. The van der Waals surface area contributed by atoms with Crippen LogP contribution >= 0.6 is 8.53 Å². The summed E-state index contributed by atoms with van der Waals surface area (Å²) in [6.07, 6.45) is -0.140. The quantitative estimate of drug-likeness (QED) is 0.0387. The molecule has 16 nitrogen and oxygen atoms in total. The van der Waals surface area contributed by atoms with Crippen LogP contribution in [0.5, 0.6) is 17.2 Å². The van der Waals surface area contributed by atoms with Crippen molar-refractivity contribution in [2.75, 3.05) is 46.5 Å². The minimum atomic E-state index is -1.79. The van der Waals surface area contributed by atoms with Crippen LogP contribution in [0.4, 0.5) is 5.82 Å². The molecule has 1 unspecified atom stereocenters. The van der Waals surface area contributed by atoms with E-state index >= 15 is 0 Å². The van der Waals surface area contributed by atoms with Crippen LogP contribution in [-0.2, 0) is 39.1 Å². The molecule has 1 amide bonds. The van der Waals surface area contributed by atoms with Crippen LogP contribution in [0.3, 0.4) is 0 Å². The molecule has 370 valence electrons. The lowest BCUT2D eigenvalue weighted by molar-refractivity contribution is -0.118. The molecular weight excluding hydrogens is 910 g/mol. The highest BCUT2D eigenvalue weighted by molar-refractivity contribution is 7.44. The van der Waals surface area contributed by atoms with Crippen molar-refractivity contribution in [3.63, 3.8) is 0 Å². The lowest BCUT2D eigenvalue weighted by Crippen LogP contribution is -2.42. The molecule has 6 aromatic rings. The minimum Gasteiger partial charge on any atom is -0.497 e. The van der Waals surface area contributed by atoms with Gasteiger partial charge in [0, 0.05) is 19.2 Å². The number of carbonyl (C=O) groups is 1. The lowest BCUT2D eigenvalue weighted by Gasteiger charge is -2.39. The largest absolute Gasteiger partial charge is 0.497 e. The van der Waals surface area contributed by atoms with Gasteiger partial charge in [0.05, 0.1) is 46.3 Å². The van der Waals surface area contributed by atoms with E-state index in [4.69, 9.17) is 42.5 Å². The molecule has 0 aliphatic carbocycles. The maximum Gasteiger partial charge on any atom is 0.263 e. The third-order valence-corrected chi connectivity index (χ3v) is 14.2. The van der Waals surface area contributed by atoms with Gasteiger partial charge in [-0.3, -0.25) is 9.36 Å². The Balaban J connectivity index is 1.26. The maximum absolute atomic E-state index is 13.3. The van der Waals surface area contributed by atoms with E-state index in [0.717, 1.165) is 22.3 Å². The summed E-state index contributed by atoms with van der Waals surface area (Å²) in [5, 5.41) is 12.4. The van der Waals surface area contributed by atoms with Crippen LogP contribution in [0, 0.1) is 11.3 Å². The molecule has 0 spiro atoms. The SMILES string of the molecule is COc1ccc(C(OC[C@H]2O[C@@H](n3cnc4c(NC(=O)COc5ccc(C(C)(C)C)cc5)ncnc43)[C@@H](OC)[C@@H]2OP(OCCC#N)N(C(C)C)C(C)C)(c2ccccc2)c2ccc(OC)cc2)cc1. The average Bonchev–Trinajstić information content (AvgIpc) is 3.95. The Morgan fingerprint density at radius 1 is 0.800 bits per heavy atom. The monoisotopic (exact) mass is 973 g/mol. The molecule has 0 bridgehead atoms. The van der Waals surface area contributed by atoms with E-state index < -0.39 is 44.6 Å². The first kappa shape index (κ1) is 51.8. The third-order valence-electron chi connectivity index (χ3n) is 12.1. The first-order chi connectivity index (χ1) is 33.7. The number of nitrogens with zero attached hydrogens (tertiary/aromatic N) is 6. The van der Waals surface area contributed by atoms with Crippen molar-refractivity contribution in [1.82, 2.24) is 24.2 Å². The Morgan fingerprint density at radius 3 is 1.94 bits per heavy atom. The zero-order valence-electron chi connectivity index (χ0n) is 41.6. The van der Waals surface area contributed by atoms with Gasteiger partial charge in [0.25, 0.3) is 14.4 Å². The molecule has 2 aromatic heterocycles. The average molecular weight is 974 g/mol. The fourth-order valence-electron chi connectivity index (χ4n) is 8.62. The second kappa shape index (κ2) is 23.3. The van der Waals surface area contributed by atoms with Crippen molar-refractivity contribution in [1.29, 1.82) is 5.26 Å². The Kier molecular flexibility index (Phi) is 17.2. The molecule has 4 aromatic carbocycles. The van der Waals surface area contributed by atoms with Crippen molar-refractivity contribution >= 4 is 31.4 Å². The summed E-state index contributed by atoms with van der Waals surface area (Å²) in [4.78, 5) is 27.0. The van der Waals surface area contributed by atoms with Gasteiger partial charge in [0.15, 0.2) is 29.8 Å². The van der Waals surface area contributed by atoms with E-state index in [1.165, 1.54) is 6.33 Å². The highest BCUT2D eigenvalue weighted by Gasteiger charge is 2.51. The second-order valence-corrected chi connectivity index (χ2v) is 19.8. The van der Waals surface area contributed by atoms with Crippen molar-refractivity contribution in [2.24, 2.45) is 0 Å². The number of anilines is 1. The van der Waals surface area contributed by atoms with Crippen LogP contribution in [0.2, 0.25) is 0 Å². The van der Waals surface area contributed by atoms with Crippen molar-refractivity contribution in [3.05, 3.63) is 138 Å². The number of benzene rings is 4. The van der Waals surface area contributed by atoms with Crippen LogP contribution in [0.15, 0.2) is 116 Å². The van der Waals surface area contributed by atoms with E-state index in [1.54, 1.807) is 32.2 Å². The molecule has 1 N–H and O–H groups in total. The van der Waals surface area contributed by atoms with E-state index in [-0.39, 0.29) is 49.6 Å². The second-order valence-electron chi connectivity index (χ2n) is 18.4. The van der Waals surface area contributed by atoms with Gasteiger partial charge in [-0.25, -0.2) is 19.6 Å². The Bertz CT molecular complexity index is 2600. The maximum atomic E-state index is 13.3. The number of hydrogen-bond donors (Lipinski definition) is 1. The van der Waals surface area contributed by atoms with Crippen LogP contribution in [0.1, 0.15) is 83.4 Å². The highest BCUT2D eigenvalue weighted by Crippen LogP contribution is 2.51. The summed E-state index contributed by atoms with van der Waals surface area (Å²) < 4.78 is 55.4. The van der Waals surface area contributed by atoms with Gasteiger partial charge in [0.2, 0.25) is 0 Å². The summed E-state index contributed by atoms with van der Waals surface area (Å²) in [7, 11) is 3.07. The lowest BCUT2D eigenvalue weighted by atomic mass is 9.80. The van der Waals surface area contributed by atoms with Gasteiger partial charge in [0.1, 0.15) is 47.5 Å². The molecule has 1 aliphatic rings. The summed E-state index contributed by atoms with van der Waals surface area (Å²) in [6.45, 7) is 14.6. The molecule has 5 atom stereocenters. The van der Waals surface area contributed by atoms with E-state index in [9.17, 15) is 10.1 Å². The number of imidazole rings is 1. The number of rotatable bonds is 22. The molecule has 1 fully saturated rings. The fourth-order valence-corrected chi connectivity index (χ4v) is 10.4. The molecule has 17 heteroatoms. The number of hydrogen-bond acceptors (Lipinski definition) is 14. The molecule has 1 aliphatic heterocycles. The summed E-state index contributed by atoms with van der Waals surface area (Å²) in [5.74, 6) is 1.73. The normalized spacial score (nSPS) is 17.8. The van der Waals surface area contributed by atoms with E-state index in [1.807, 2.05) is 103 Å². The number of carbonyl (C=O) groups excluding carboxylic acids is 1. The van der Waals surface area contributed by atoms with Gasteiger partial charge in [-0.05, 0) is 91.8 Å². The standard InChI is InChI=1S/C53H64N7O9P/c1-35(2)60(36(3)4)70(67-30-14-29-54)69-47-44(31-66-53(38-15-12-11-13-16-38,39-19-23-41(62-8)24-20-39)40-21-25-42(63-9)26-22-40)68-51(48(47)64-10)59-34-57-46-49(55-33-56-50(46)59)58-45(61)32-65-43-27-17-37(18-28-43)52(5,6)7/h11-13,15-28,33-36,44,47-48,51H,14,30-32H2,1-10H3,(H,55,56,58,61)/t44-,47-,48+,51-,70?/m1/s1. The van der Waals surface area contributed by atoms with E-state index in [0.29, 0.717) is 28.4 Å². The Labute approximate surface area is 412 Å². The fraction of sp³-hybridized carbons (Fsp3) is 0.415. The number of nitrogens with one attached hydrogen (secondary N) is 1. The number of amides is 1. The van der Waals surface area contributed by atoms with Gasteiger partial charge < -0.3 is 42.8 Å². The molecule has 7 rings (SSSR count). The van der Waals surface area contributed by atoms with Gasteiger partial charge >= 0.3 is 0 Å². The predicted octanol–water partition coefficient (Wildman–Crippen LogP) is 9.74. The van der Waals surface area contributed by atoms with Crippen LogP contribution < -0.4 is 19.5 Å². The number of fused-ring (bicyclic) bond motifs is 1. The zero-order valence-corrected chi connectivity index (χ0v) is 42.5. The summed E-state index contributed by atoms with van der Waals surface area (Å²) in [5.41, 5.74) is 3.20. The third kappa shape index (κ3) is 11.6. The summed E-state index contributed by atoms with van der Waals surface area (Å²) >= 11 is 0. The smallest absolute Gasteiger partial charge is 0.263 e. The van der Waals surface area contributed by atoms with Crippen LogP contribution in [0.25, 0.3) is 11.2 Å². The molecule has 0 radical (unpaired) electrons. The van der Waals surface area contributed by atoms with Gasteiger partial charge in [-0.2, -0.15) is 5.26 Å². The summed E-state index contributed by atoms with van der Waals surface area (Å²) in [6, 6.07) is 35.5. The highest BCUT2D eigenvalue weighted by atomic mass is 31.2. The number of nitriles is 1. The Hall–Kier alpha value is -6.02. The van der Waals surface area contributed by atoms with Crippen molar-refractivity contribution in [3.8, 4) is 23.3 Å². The van der Waals surface area contributed by atoms with Crippen molar-refractivity contribution < 1.29 is 42.3 Å². The number of methoxy groups -OCH3 is 3. The minimum absolute atomic E-state index is 0.0133. The molecule has 70 heavy (non-hydrogen) atoms. The van der Waals surface area contributed by atoms with Crippen molar-refractivity contribution in [2.45, 2.75) is 103 Å². The van der Waals surface area contributed by atoms with Crippen LogP contribution in [-0.4, -0.2) is 102 Å². The molecule has 1 saturated heterocycles. The zero-order chi connectivity index (χ0) is 50.0. The predicted molar refractivity (Wildman–Crippen MR) is 268 cm³/mol. The number of ether oxygens (including phenoxy) is 6. The van der Waals surface area contributed by atoms with Gasteiger partial charge in [-0.15, -0.1) is 0 Å².